The van der Waals surface area contributed by atoms with Gasteiger partial charge in [-0.2, -0.15) is 0 Å². The molecule has 0 atom stereocenters. The fourth-order valence-corrected chi connectivity index (χ4v) is 2.93. The van der Waals surface area contributed by atoms with Crippen LogP contribution in [-0.2, 0) is 14.9 Å². The van der Waals surface area contributed by atoms with Crippen molar-refractivity contribution in [3.8, 4) is 0 Å². The molecule has 1 aromatic heterocycles. The number of fused-ring (bicyclic) bond motifs is 2. The van der Waals surface area contributed by atoms with Crippen LogP contribution in [0, 0.1) is 0 Å². The molecule has 4 nitrogen and oxygen atoms in total. The Hall–Kier alpha value is -2.36. The number of carbonyl (C=O) groups is 1. The third-order valence-electron chi connectivity index (χ3n) is 3.94. The quantitative estimate of drug-likeness (QED) is 0.797. The highest BCUT2D eigenvalue weighted by atomic mass is 16.5. The third-order valence-corrected chi connectivity index (χ3v) is 3.94. The average molecular weight is 298 g/mol. The lowest BCUT2D eigenvalue weighted by Crippen LogP contribution is -2.29. The zero-order chi connectivity index (χ0) is 15.9. The van der Waals surface area contributed by atoms with Crippen LogP contribution in [0.5, 0.6) is 0 Å². The molecule has 0 fully saturated rings. The van der Waals surface area contributed by atoms with Gasteiger partial charge in [0, 0.05) is 11.0 Å². The molecule has 0 radical (unpaired) electrons. The summed E-state index contributed by atoms with van der Waals surface area (Å²) in [6.45, 7) is 6.02. The van der Waals surface area contributed by atoms with Crippen molar-refractivity contribution in [2.75, 3.05) is 6.61 Å². The predicted molar refractivity (Wildman–Crippen MR) is 84.7 cm³/mol. The largest absolute Gasteiger partial charge is 0.463 e. The van der Waals surface area contributed by atoms with Crippen molar-refractivity contribution in [2.24, 2.45) is 0 Å². The van der Waals surface area contributed by atoms with Crippen molar-refractivity contribution in [1.82, 2.24) is 0 Å². The predicted octanol–water partition coefficient (Wildman–Crippen LogP) is 3.42. The first kappa shape index (κ1) is 14.6. The molecule has 0 unspecified atom stereocenters. The number of rotatable bonds is 2. The first-order chi connectivity index (χ1) is 10.4. The standard InChI is InChI=1S/C18H18O4/c1-4-21-17(20)11-9-13-15(19)12-7-5-6-8-14(12)22-16(13)18(2,3)10-11/h5-9H,4,10H2,1-3H3. The summed E-state index contributed by atoms with van der Waals surface area (Å²) in [5, 5.41) is 0.526. The van der Waals surface area contributed by atoms with Crippen LogP contribution < -0.4 is 5.43 Å². The van der Waals surface area contributed by atoms with E-state index in [1.54, 1.807) is 31.2 Å². The zero-order valence-corrected chi connectivity index (χ0v) is 12.9. The number of para-hydroxylation sites is 1. The van der Waals surface area contributed by atoms with E-state index < -0.39 is 5.41 Å². The number of hydrogen-bond acceptors (Lipinski definition) is 4. The summed E-state index contributed by atoms with van der Waals surface area (Å²) < 4.78 is 11.0. The fraction of sp³-hybridized carbons (Fsp3) is 0.333. The van der Waals surface area contributed by atoms with Crippen LogP contribution >= 0.6 is 0 Å². The summed E-state index contributed by atoms with van der Waals surface area (Å²) in [7, 11) is 0. The van der Waals surface area contributed by atoms with Crippen molar-refractivity contribution >= 4 is 23.0 Å². The molecule has 0 aliphatic heterocycles. The van der Waals surface area contributed by atoms with Crippen LogP contribution in [0.1, 0.15) is 38.5 Å². The topological polar surface area (TPSA) is 56.5 Å². The molecule has 1 heterocycles. The second-order valence-corrected chi connectivity index (χ2v) is 6.12. The van der Waals surface area contributed by atoms with Gasteiger partial charge in [-0.1, -0.05) is 26.0 Å². The van der Waals surface area contributed by atoms with Crippen molar-refractivity contribution in [1.29, 1.82) is 0 Å². The summed E-state index contributed by atoms with van der Waals surface area (Å²) in [4.78, 5) is 24.8. The van der Waals surface area contributed by atoms with Gasteiger partial charge in [0.05, 0.1) is 17.6 Å². The highest BCUT2D eigenvalue weighted by Gasteiger charge is 2.35. The van der Waals surface area contributed by atoms with E-state index >= 15 is 0 Å². The van der Waals surface area contributed by atoms with E-state index in [-0.39, 0.29) is 11.4 Å². The van der Waals surface area contributed by atoms with E-state index in [1.165, 1.54) is 0 Å². The number of ether oxygens (including phenoxy) is 1. The average Bonchev–Trinajstić information content (AvgIpc) is 2.48. The van der Waals surface area contributed by atoms with E-state index in [9.17, 15) is 9.59 Å². The van der Waals surface area contributed by atoms with Gasteiger partial charge in [-0.05, 0) is 31.6 Å². The molecule has 2 aromatic rings. The lowest BCUT2D eigenvalue weighted by molar-refractivity contribution is -0.138. The van der Waals surface area contributed by atoms with E-state index in [4.69, 9.17) is 9.15 Å². The second-order valence-electron chi connectivity index (χ2n) is 6.12. The van der Waals surface area contributed by atoms with E-state index in [0.717, 1.165) is 0 Å². The van der Waals surface area contributed by atoms with Crippen molar-refractivity contribution in [3.63, 3.8) is 0 Å². The Morgan fingerprint density at radius 2 is 2.05 bits per heavy atom. The monoisotopic (exact) mass is 298 g/mol. The van der Waals surface area contributed by atoms with Crippen molar-refractivity contribution in [3.05, 3.63) is 51.4 Å². The highest BCUT2D eigenvalue weighted by molar-refractivity contribution is 5.95. The van der Waals surface area contributed by atoms with Gasteiger partial charge in [0.2, 0.25) is 0 Å². The maximum atomic E-state index is 12.7. The van der Waals surface area contributed by atoms with E-state index in [0.29, 0.717) is 40.9 Å². The molecule has 114 valence electrons. The van der Waals surface area contributed by atoms with Gasteiger partial charge in [-0.3, -0.25) is 4.79 Å². The lowest BCUT2D eigenvalue weighted by Gasteiger charge is -2.29. The number of carbonyl (C=O) groups excluding carboxylic acids is 1. The Morgan fingerprint density at radius 3 is 2.77 bits per heavy atom. The van der Waals surface area contributed by atoms with Crippen LogP contribution in [0.2, 0.25) is 0 Å². The maximum absolute atomic E-state index is 12.7. The molecule has 1 aliphatic carbocycles. The number of benzene rings is 1. The minimum absolute atomic E-state index is 0.105. The molecule has 4 heteroatoms. The second kappa shape index (κ2) is 5.13. The van der Waals surface area contributed by atoms with Crippen molar-refractivity contribution < 1.29 is 13.9 Å². The Labute approximate surface area is 128 Å². The highest BCUT2D eigenvalue weighted by Crippen LogP contribution is 2.38. The minimum atomic E-state index is -0.435. The molecule has 1 aromatic carbocycles. The van der Waals surface area contributed by atoms with Gasteiger partial charge in [-0.15, -0.1) is 0 Å². The summed E-state index contributed by atoms with van der Waals surface area (Å²) in [6.07, 6.45) is 2.11. The minimum Gasteiger partial charge on any atom is -0.463 e. The SMILES string of the molecule is CCOC(=O)C1=Cc2c(oc3ccccc3c2=O)C(C)(C)C1. The smallest absolute Gasteiger partial charge is 0.334 e. The maximum Gasteiger partial charge on any atom is 0.334 e. The first-order valence-corrected chi connectivity index (χ1v) is 7.38. The fourth-order valence-electron chi connectivity index (χ4n) is 2.93. The Morgan fingerprint density at radius 1 is 1.32 bits per heavy atom. The van der Waals surface area contributed by atoms with Crippen molar-refractivity contribution in [2.45, 2.75) is 32.6 Å². The number of hydrogen-bond donors (Lipinski definition) is 0. The molecule has 1 aliphatic rings. The van der Waals surface area contributed by atoms with Crippen LogP contribution in [0.15, 0.2) is 39.1 Å². The van der Waals surface area contributed by atoms with E-state index in [2.05, 4.69) is 0 Å². The molecule has 0 amide bonds. The summed E-state index contributed by atoms with van der Waals surface area (Å²) >= 11 is 0. The Kier molecular flexibility index (Phi) is 3.39. The third kappa shape index (κ3) is 2.25. The van der Waals surface area contributed by atoms with Crippen LogP contribution in [-0.4, -0.2) is 12.6 Å². The Bertz CT molecular complexity index is 840. The molecule has 22 heavy (non-hydrogen) atoms. The molecule has 0 bridgehead atoms. The van der Waals surface area contributed by atoms with Gasteiger partial charge >= 0.3 is 5.97 Å². The molecule has 0 spiro atoms. The van der Waals surface area contributed by atoms with Gasteiger partial charge in [0.25, 0.3) is 0 Å². The molecule has 0 N–H and O–H groups in total. The van der Waals surface area contributed by atoms with Crippen LogP contribution in [0.3, 0.4) is 0 Å². The normalized spacial score (nSPS) is 16.0. The summed E-state index contributed by atoms with van der Waals surface area (Å²) in [5.41, 5.74) is 1.01. The van der Waals surface area contributed by atoms with Gasteiger partial charge in [-0.25, -0.2) is 4.79 Å². The van der Waals surface area contributed by atoms with E-state index in [1.807, 2.05) is 19.9 Å². The van der Waals surface area contributed by atoms with Gasteiger partial charge in [0.15, 0.2) is 5.43 Å². The molecule has 0 saturated carbocycles. The molecular weight excluding hydrogens is 280 g/mol. The zero-order valence-electron chi connectivity index (χ0n) is 12.9. The lowest BCUT2D eigenvalue weighted by atomic mass is 9.76. The van der Waals surface area contributed by atoms with Gasteiger partial charge in [0.1, 0.15) is 11.3 Å². The number of esters is 1. The van der Waals surface area contributed by atoms with Crippen LogP contribution in [0.4, 0.5) is 0 Å². The Balaban J connectivity index is 2.27. The summed E-state index contributed by atoms with van der Waals surface area (Å²) in [5.74, 6) is 0.262. The van der Waals surface area contributed by atoms with Gasteiger partial charge < -0.3 is 9.15 Å². The first-order valence-electron chi connectivity index (χ1n) is 7.38. The molecular formula is C18H18O4. The summed E-state index contributed by atoms with van der Waals surface area (Å²) in [6, 6.07) is 7.17. The molecule has 0 saturated heterocycles. The molecule has 3 rings (SSSR count). The van der Waals surface area contributed by atoms with Crippen LogP contribution in [0.25, 0.3) is 17.0 Å².